The number of benzene rings is 2. The Labute approximate surface area is 192 Å². The highest BCUT2D eigenvalue weighted by Gasteiger charge is 2.52. The van der Waals surface area contributed by atoms with Crippen LogP contribution < -0.4 is 0 Å². The number of sulfone groups is 2. The van der Waals surface area contributed by atoms with Crippen LogP contribution in [0, 0.1) is 19.8 Å². The molecule has 0 spiro atoms. The molecule has 11 heteroatoms. The minimum absolute atomic E-state index is 0.134. The molecule has 9 nitrogen and oxygen atoms in total. The molecule has 0 aliphatic carbocycles. The van der Waals surface area contributed by atoms with Gasteiger partial charge in [-0.15, -0.1) is 0 Å². The lowest BCUT2D eigenvalue weighted by atomic mass is 10.0. The van der Waals surface area contributed by atoms with Crippen LogP contribution in [-0.4, -0.2) is 69.6 Å². The van der Waals surface area contributed by atoms with Crippen LogP contribution in [0.25, 0.3) is 0 Å². The van der Waals surface area contributed by atoms with Crippen molar-refractivity contribution in [3.8, 4) is 0 Å². The predicted octanol–water partition coefficient (Wildman–Crippen LogP) is 1.59. The van der Waals surface area contributed by atoms with E-state index in [-0.39, 0.29) is 9.79 Å². The number of aryl methyl sites for hydroxylation is 2. The minimum atomic E-state index is -4.48. The van der Waals surface area contributed by atoms with Crippen molar-refractivity contribution < 1.29 is 31.2 Å². The highest BCUT2D eigenvalue weighted by Crippen LogP contribution is 2.30. The first-order chi connectivity index (χ1) is 15.3. The SMILES string of the molecule is Cc1ccc(S(=O)(=O)CC(C2C(=O)N(C)C(=O)N(C)C2=O)S(=O)(=O)c2ccc(C)cc2)cc1. The molecule has 2 aromatic carbocycles. The van der Waals surface area contributed by atoms with Gasteiger partial charge in [-0.2, -0.15) is 0 Å². The first-order valence-electron chi connectivity index (χ1n) is 9.96. The van der Waals surface area contributed by atoms with Crippen molar-refractivity contribution in [2.45, 2.75) is 28.9 Å². The normalized spacial score (nSPS) is 16.9. The van der Waals surface area contributed by atoms with Crippen molar-refractivity contribution in [1.82, 2.24) is 9.80 Å². The molecule has 0 bridgehead atoms. The van der Waals surface area contributed by atoms with Crippen molar-refractivity contribution in [1.29, 1.82) is 0 Å². The van der Waals surface area contributed by atoms with Gasteiger partial charge in [0.1, 0.15) is 11.2 Å². The van der Waals surface area contributed by atoms with Gasteiger partial charge in [0.15, 0.2) is 19.7 Å². The largest absolute Gasteiger partial charge is 0.332 e. The second-order valence-corrected chi connectivity index (χ2v) is 12.2. The molecule has 0 aromatic heterocycles. The van der Waals surface area contributed by atoms with E-state index in [1.165, 1.54) is 36.4 Å². The van der Waals surface area contributed by atoms with Gasteiger partial charge in [-0.25, -0.2) is 21.6 Å². The maximum Gasteiger partial charge on any atom is 0.332 e. The van der Waals surface area contributed by atoms with Crippen LogP contribution in [0.3, 0.4) is 0 Å². The van der Waals surface area contributed by atoms with E-state index in [1.807, 2.05) is 0 Å². The first-order valence-corrected chi connectivity index (χ1v) is 13.2. The zero-order valence-electron chi connectivity index (χ0n) is 18.5. The van der Waals surface area contributed by atoms with Crippen LogP contribution in [-0.2, 0) is 29.3 Å². The molecule has 33 heavy (non-hydrogen) atoms. The van der Waals surface area contributed by atoms with Gasteiger partial charge < -0.3 is 0 Å². The molecule has 1 aliphatic rings. The number of hydrogen-bond donors (Lipinski definition) is 0. The highest BCUT2D eigenvalue weighted by molar-refractivity contribution is 7.95. The standard InChI is InChI=1S/C22H24N2O7S2/c1-14-5-9-16(10-6-14)32(28,29)13-18(33(30,31)17-11-7-15(2)8-12-17)19-20(25)23(3)22(27)24(4)21(19)26/h5-12,18-19H,13H2,1-4H3. The Morgan fingerprint density at radius 3 is 1.55 bits per heavy atom. The lowest BCUT2D eigenvalue weighted by Gasteiger charge is -2.36. The summed E-state index contributed by atoms with van der Waals surface area (Å²) < 4.78 is 53.6. The van der Waals surface area contributed by atoms with Crippen molar-refractivity contribution in [2.75, 3.05) is 19.8 Å². The number of carbonyl (C=O) groups is 3. The number of urea groups is 1. The lowest BCUT2D eigenvalue weighted by Crippen LogP contribution is -2.61. The summed E-state index contributed by atoms with van der Waals surface area (Å²) in [5, 5.41) is -1.94. The molecule has 176 valence electrons. The van der Waals surface area contributed by atoms with Gasteiger partial charge in [0.05, 0.1) is 15.5 Å². The summed E-state index contributed by atoms with van der Waals surface area (Å²) in [5.41, 5.74) is 1.57. The monoisotopic (exact) mass is 492 g/mol. The molecule has 1 aliphatic heterocycles. The van der Waals surface area contributed by atoms with E-state index >= 15 is 0 Å². The second kappa shape index (κ2) is 8.71. The molecule has 3 rings (SSSR count). The van der Waals surface area contributed by atoms with Crippen LogP contribution >= 0.6 is 0 Å². The van der Waals surface area contributed by atoms with Crippen molar-refractivity contribution in [3.63, 3.8) is 0 Å². The number of rotatable bonds is 6. The van der Waals surface area contributed by atoms with Crippen molar-refractivity contribution in [3.05, 3.63) is 59.7 Å². The molecule has 1 fully saturated rings. The topological polar surface area (TPSA) is 126 Å². The molecule has 1 heterocycles. The van der Waals surface area contributed by atoms with Crippen LogP contribution in [0.15, 0.2) is 58.3 Å². The summed E-state index contributed by atoms with van der Waals surface area (Å²) in [6.45, 7) is 3.52. The Bertz CT molecular complexity index is 1290. The summed E-state index contributed by atoms with van der Waals surface area (Å²) >= 11 is 0. The molecule has 1 saturated heterocycles. The van der Waals surface area contributed by atoms with Gasteiger partial charge in [0.2, 0.25) is 11.8 Å². The predicted molar refractivity (Wildman–Crippen MR) is 120 cm³/mol. The number of carbonyl (C=O) groups excluding carboxylic acids is 3. The van der Waals surface area contributed by atoms with E-state index < -0.39 is 54.4 Å². The van der Waals surface area contributed by atoms with Crippen molar-refractivity contribution >= 4 is 37.5 Å². The zero-order valence-corrected chi connectivity index (χ0v) is 20.2. The summed E-state index contributed by atoms with van der Waals surface area (Å²) in [7, 11) is -6.48. The van der Waals surface area contributed by atoms with Gasteiger partial charge in [-0.05, 0) is 38.1 Å². The molecule has 2 aromatic rings. The van der Waals surface area contributed by atoms with Gasteiger partial charge in [0, 0.05) is 14.1 Å². The molecule has 0 N–H and O–H groups in total. The fourth-order valence-corrected chi connectivity index (χ4v) is 7.66. The van der Waals surface area contributed by atoms with Crippen LogP contribution in [0.2, 0.25) is 0 Å². The summed E-state index contributed by atoms with van der Waals surface area (Å²) in [4.78, 5) is 38.9. The molecule has 0 radical (unpaired) electrons. The van der Waals surface area contributed by atoms with Gasteiger partial charge in [0.25, 0.3) is 0 Å². The molecule has 1 unspecified atom stereocenters. The van der Waals surface area contributed by atoms with E-state index in [4.69, 9.17) is 0 Å². The third-order valence-electron chi connectivity index (χ3n) is 5.65. The second-order valence-electron chi connectivity index (χ2n) is 8.05. The quantitative estimate of drug-likeness (QED) is 0.561. The number of barbiturate groups is 1. The fraction of sp³-hybridized carbons (Fsp3) is 0.318. The van der Waals surface area contributed by atoms with E-state index in [2.05, 4.69) is 0 Å². The van der Waals surface area contributed by atoms with E-state index in [0.717, 1.165) is 25.2 Å². The third kappa shape index (κ3) is 4.55. The maximum atomic E-state index is 13.6. The van der Waals surface area contributed by atoms with Gasteiger partial charge in [-0.3, -0.25) is 19.4 Å². The highest BCUT2D eigenvalue weighted by atomic mass is 32.2. The lowest BCUT2D eigenvalue weighted by molar-refractivity contribution is -0.147. The van der Waals surface area contributed by atoms with Gasteiger partial charge in [-0.1, -0.05) is 35.4 Å². The fourth-order valence-electron chi connectivity index (χ4n) is 3.58. The molecule has 0 saturated carbocycles. The van der Waals surface area contributed by atoms with Crippen LogP contribution in [0.1, 0.15) is 11.1 Å². The van der Waals surface area contributed by atoms with Gasteiger partial charge >= 0.3 is 6.03 Å². The van der Waals surface area contributed by atoms with E-state index in [0.29, 0.717) is 9.80 Å². The Morgan fingerprint density at radius 1 is 0.727 bits per heavy atom. The first kappa shape index (κ1) is 24.6. The number of imide groups is 2. The smallest absolute Gasteiger partial charge is 0.273 e. The number of hydrogen-bond acceptors (Lipinski definition) is 7. The summed E-state index contributed by atoms with van der Waals surface area (Å²) in [5.74, 6) is -5.04. The minimum Gasteiger partial charge on any atom is -0.273 e. The van der Waals surface area contributed by atoms with E-state index in [9.17, 15) is 31.2 Å². The Hall–Kier alpha value is -3.05. The molecule has 4 amide bonds. The third-order valence-corrected chi connectivity index (χ3v) is 9.82. The number of nitrogens with zero attached hydrogens (tertiary/aromatic N) is 2. The van der Waals surface area contributed by atoms with E-state index in [1.54, 1.807) is 26.0 Å². The summed E-state index contributed by atoms with van der Waals surface area (Å²) in [6.07, 6.45) is 0. The average Bonchev–Trinajstić information content (AvgIpc) is 2.76. The number of amides is 4. The summed E-state index contributed by atoms with van der Waals surface area (Å²) in [6, 6.07) is 10.5. The van der Waals surface area contributed by atoms with Crippen molar-refractivity contribution in [2.24, 2.45) is 5.92 Å². The Kier molecular flexibility index (Phi) is 6.49. The molecular weight excluding hydrogens is 468 g/mol. The average molecular weight is 493 g/mol. The Balaban J connectivity index is 2.17. The van der Waals surface area contributed by atoms with Crippen LogP contribution in [0.4, 0.5) is 4.79 Å². The molecular formula is C22H24N2O7S2. The zero-order chi connectivity index (χ0) is 24.7. The maximum absolute atomic E-state index is 13.6. The Morgan fingerprint density at radius 2 is 1.12 bits per heavy atom. The molecule has 1 atom stereocenters. The van der Waals surface area contributed by atoms with Crippen LogP contribution in [0.5, 0.6) is 0 Å².